The van der Waals surface area contributed by atoms with Crippen LogP contribution in [-0.2, 0) is 11.3 Å². The summed E-state index contributed by atoms with van der Waals surface area (Å²) in [6.07, 6.45) is 0. The van der Waals surface area contributed by atoms with Gasteiger partial charge < -0.3 is 5.32 Å². The predicted molar refractivity (Wildman–Crippen MR) is 102 cm³/mol. The number of carbonyl (C=O) groups excluding carboxylic acids is 1. The Morgan fingerprint density at radius 2 is 1.45 bits per heavy atom. The number of rotatable bonds is 6. The van der Waals surface area contributed by atoms with E-state index < -0.39 is 21.3 Å². The summed E-state index contributed by atoms with van der Waals surface area (Å²) in [6, 6.07) is 13.5. The largest absolute Gasteiger partial charge is 0.324 e. The Labute approximate surface area is 162 Å². The van der Waals surface area contributed by atoms with Gasteiger partial charge >= 0.3 is 0 Å². The molecule has 0 fully saturated rings. The van der Waals surface area contributed by atoms with Crippen LogP contribution in [0.4, 0.5) is 17.1 Å². The summed E-state index contributed by atoms with van der Waals surface area (Å²) >= 11 is 0. The van der Waals surface area contributed by atoms with Crippen LogP contribution >= 0.6 is 0 Å². The molecule has 11 heteroatoms. The van der Waals surface area contributed by atoms with E-state index >= 15 is 0 Å². The Morgan fingerprint density at radius 1 is 0.897 bits per heavy atom. The van der Waals surface area contributed by atoms with Crippen molar-refractivity contribution >= 4 is 23.0 Å². The van der Waals surface area contributed by atoms with Crippen molar-refractivity contribution in [1.29, 1.82) is 0 Å². The molecule has 0 unspecified atom stereocenters. The summed E-state index contributed by atoms with van der Waals surface area (Å²) in [5.74, 6) is -0.547. The maximum absolute atomic E-state index is 12.2. The van der Waals surface area contributed by atoms with Crippen molar-refractivity contribution in [3.63, 3.8) is 0 Å². The molecule has 11 nitrogen and oxygen atoms in total. The third-order valence-electron chi connectivity index (χ3n) is 3.90. The molecule has 0 atom stereocenters. The van der Waals surface area contributed by atoms with Gasteiger partial charge in [-0.15, -0.1) is 0 Å². The first-order valence-electron chi connectivity index (χ1n) is 8.21. The van der Waals surface area contributed by atoms with Gasteiger partial charge in [0, 0.05) is 41.6 Å². The number of carbonyl (C=O) groups is 1. The van der Waals surface area contributed by atoms with E-state index in [1.807, 2.05) is 0 Å². The lowest BCUT2D eigenvalue weighted by molar-refractivity contribution is -0.385. The van der Waals surface area contributed by atoms with Crippen LogP contribution < -0.4 is 10.9 Å². The fourth-order valence-electron chi connectivity index (χ4n) is 2.47. The number of nitro groups is 2. The molecule has 1 N–H and O–H groups in total. The van der Waals surface area contributed by atoms with E-state index in [1.165, 1.54) is 60.7 Å². The monoisotopic (exact) mass is 395 g/mol. The number of nitrogens with zero attached hydrogens (tertiary/aromatic N) is 4. The van der Waals surface area contributed by atoms with Crippen LogP contribution in [0, 0.1) is 20.2 Å². The summed E-state index contributed by atoms with van der Waals surface area (Å²) in [6.45, 7) is -0.378. The van der Waals surface area contributed by atoms with Crippen LogP contribution in [0.5, 0.6) is 0 Å². The standard InChI is InChI=1S/C18H13N5O6/c24-17(19-13-3-7-15(8-4-13)23(28)29)11-21-18(25)10-9-16(20-21)12-1-5-14(6-2-12)22(26)27/h1-10H,11H2,(H,19,24). The molecule has 2 aromatic carbocycles. The number of nitrogens with one attached hydrogen (secondary N) is 1. The first-order chi connectivity index (χ1) is 13.8. The Bertz CT molecular complexity index is 1140. The van der Waals surface area contributed by atoms with Crippen molar-refractivity contribution in [1.82, 2.24) is 9.78 Å². The molecule has 0 spiro atoms. The van der Waals surface area contributed by atoms with E-state index in [0.717, 1.165) is 4.68 Å². The van der Waals surface area contributed by atoms with E-state index in [4.69, 9.17) is 0 Å². The normalized spacial score (nSPS) is 10.3. The van der Waals surface area contributed by atoms with Crippen molar-refractivity contribution in [3.05, 3.63) is 91.2 Å². The number of non-ortho nitro benzene ring substituents is 2. The van der Waals surface area contributed by atoms with Crippen LogP contribution in [0.2, 0.25) is 0 Å². The highest BCUT2D eigenvalue weighted by Gasteiger charge is 2.11. The van der Waals surface area contributed by atoms with Crippen LogP contribution in [0.3, 0.4) is 0 Å². The van der Waals surface area contributed by atoms with Gasteiger partial charge in [-0.05, 0) is 30.3 Å². The van der Waals surface area contributed by atoms with Crippen molar-refractivity contribution in [2.75, 3.05) is 5.32 Å². The summed E-state index contributed by atoms with van der Waals surface area (Å²) in [7, 11) is 0. The predicted octanol–water partition coefficient (Wildman–Crippen LogP) is 2.37. The summed E-state index contributed by atoms with van der Waals surface area (Å²) in [5, 5.41) is 28.0. The number of hydrogen-bond donors (Lipinski definition) is 1. The number of hydrogen-bond acceptors (Lipinski definition) is 7. The number of amides is 1. The summed E-state index contributed by atoms with van der Waals surface area (Å²) in [4.78, 5) is 44.5. The first-order valence-corrected chi connectivity index (χ1v) is 8.21. The highest BCUT2D eigenvalue weighted by molar-refractivity contribution is 5.90. The topological polar surface area (TPSA) is 150 Å². The van der Waals surface area contributed by atoms with E-state index in [2.05, 4.69) is 10.4 Å². The van der Waals surface area contributed by atoms with Crippen LogP contribution in [0.1, 0.15) is 0 Å². The fraction of sp³-hybridized carbons (Fsp3) is 0.0556. The molecule has 0 saturated carbocycles. The molecule has 3 aromatic rings. The lowest BCUT2D eigenvalue weighted by Gasteiger charge is -2.08. The van der Waals surface area contributed by atoms with Crippen LogP contribution in [0.15, 0.2) is 65.5 Å². The summed E-state index contributed by atoms with van der Waals surface area (Å²) < 4.78 is 0.956. The van der Waals surface area contributed by atoms with Crippen molar-refractivity contribution < 1.29 is 14.6 Å². The van der Waals surface area contributed by atoms with Gasteiger partial charge in [0.15, 0.2) is 0 Å². The average molecular weight is 395 g/mol. The van der Waals surface area contributed by atoms with Gasteiger partial charge in [-0.2, -0.15) is 5.10 Å². The number of benzene rings is 2. The van der Waals surface area contributed by atoms with E-state index in [1.54, 1.807) is 0 Å². The van der Waals surface area contributed by atoms with Gasteiger partial charge in [-0.25, -0.2) is 4.68 Å². The molecule has 0 aliphatic carbocycles. The molecule has 1 heterocycles. The Morgan fingerprint density at radius 3 is 2.00 bits per heavy atom. The highest BCUT2D eigenvalue weighted by Crippen LogP contribution is 2.20. The second kappa shape index (κ2) is 8.08. The molecule has 146 valence electrons. The van der Waals surface area contributed by atoms with Crippen molar-refractivity contribution in [3.8, 4) is 11.3 Å². The minimum atomic E-state index is -0.557. The van der Waals surface area contributed by atoms with E-state index in [9.17, 15) is 29.8 Å². The zero-order valence-electron chi connectivity index (χ0n) is 14.7. The van der Waals surface area contributed by atoms with Gasteiger partial charge in [0.25, 0.3) is 16.9 Å². The molecule has 29 heavy (non-hydrogen) atoms. The molecule has 3 rings (SSSR count). The Balaban J connectivity index is 1.75. The van der Waals surface area contributed by atoms with Crippen molar-refractivity contribution in [2.24, 2.45) is 0 Å². The molecule has 0 aliphatic heterocycles. The maximum atomic E-state index is 12.2. The SMILES string of the molecule is O=C(Cn1nc(-c2ccc([N+](=O)[O-])cc2)ccc1=O)Nc1ccc([N+](=O)[O-])cc1. The second-order valence-corrected chi connectivity index (χ2v) is 5.87. The van der Waals surface area contributed by atoms with Crippen molar-refractivity contribution in [2.45, 2.75) is 6.54 Å². The lowest BCUT2D eigenvalue weighted by atomic mass is 10.1. The number of nitro benzene ring substituents is 2. The first kappa shape index (κ1) is 19.4. The Kier molecular flexibility index (Phi) is 5.39. The molecular formula is C18H13N5O6. The van der Waals surface area contributed by atoms with Crippen LogP contribution in [0.25, 0.3) is 11.3 Å². The molecule has 0 aliphatic rings. The average Bonchev–Trinajstić information content (AvgIpc) is 2.70. The van der Waals surface area contributed by atoms with Gasteiger partial charge in [-0.1, -0.05) is 0 Å². The Hall–Kier alpha value is -4.41. The molecule has 1 amide bonds. The quantitative estimate of drug-likeness (QED) is 0.497. The maximum Gasteiger partial charge on any atom is 0.269 e. The molecular weight excluding hydrogens is 382 g/mol. The fourth-order valence-corrected chi connectivity index (χ4v) is 2.47. The molecule has 1 aromatic heterocycles. The van der Waals surface area contributed by atoms with Gasteiger partial charge in [0.2, 0.25) is 5.91 Å². The second-order valence-electron chi connectivity index (χ2n) is 5.87. The summed E-state index contributed by atoms with van der Waals surface area (Å²) in [5.41, 5.74) is 0.540. The molecule has 0 bridgehead atoms. The smallest absolute Gasteiger partial charge is 0.269 e. The molecule has 0 saturated heterocycles. The zero-order chi connectivity index (χ0) is 21.0. The van der Waals surface area contributed by atoms with Crippen LogP contribution in [-0.4, -0.2) is 25.5 Å². The molecule has 0 radical (unpaired) electrons. The zero-order valence-corrected chi connectivity index (χ0v) is 14.7. The third kappa shape index (κ3) is 4.66. The van der Waals surface area contributed by atoms with Gasteiger partial charge in [0.05, 0.1) is 15.5 Å². The number of anilines is 1. The number of aromatic nitrogens is 2. The highest BCUT2D eigenvalue weighted by atomic mass is 16.6. The lowest BCUT2D eigenvalue weighted by Crippen LogP contribution is -2.29. The third-order valence-corrected chi connectivity index (χ3v) is 3.90. The van der Waals surface area contributed by atoms with Gasteiger partial charge in [-0.3, -0.25) is 29.8 Å². The van der Waals surface area contributed by atoms with E-state index in [0.29, 0.717) is 16.9 Å². The van der Waals surface area contributed by atoms with E-state index in [-0.39, 0.29) is 17.9 Å². The minimum Gasteiger partial charge on any atom is -0.324 e. The minimum absolute atomic E-state index is 0.0791. The van der Waals surface area contributed by atoms with Gasteiger partial charge in [0.1, 0.15) is 6.54 Å².